The van der Waals surface area contributed by atoms with Crippen LogP contribution in [0.3, 0.4) is 0 Å². The average Bonchev–Trinajstić information content (AvgIpc) is 2.39. The molecule has 1 rings (SSSR count). The van der Waals surface area contributed by atoms with Crippen LogP contribution in [0, 0.1) is 0 Å². The lowest BCUT2D eigenvalue weighted by Crippen LogP contribution is -2.23. The largest absolute Gasteiger partial charge is 0.494 e. The minimum absolute atomic E-state index is 0.249. The van der Waals surface area contributed by atoms with Crippen molar-refractivity contribution >= 4 is 0 Å². The van der Waals surface area contributed by atoms with E-state index >= 15 is 0 Å². The van der Waals surface area contributed by atoms with Gasteiger partial charge in [0.2, 0.25) is 0 Å². The van der Waals surface area contributed by atoms with Crippen LogP contribution in [-0.2, 0) is 5.41 Å². The molecule has 0 fully saturated rings. The van der Waals surface area contributed by atoms with Gasteiger partial charge in [-0.2, -0.15) is 0 Å². The summed E-state index contributed by atoms with van der Waals surface area (Å²) in [6, 6.07) is 9.03. The van der Waals surface area contributed by atoms with Gasteiger partial charge in [-0.25, -0.2) is 0 Å². The first-order valence-corrected chi connectivity index (χ1v) is 6.90. The van der Waals surface area contributed by atoms with Crippen molar-refractivity contribution in [3.8, 4) is 5.75 Å². The SMILES string of the molecule is CCC(C)(C)c1ccc(OCCC(C)NC)cc1. The van der Waals surface area contributed by atoms with E-state index in [1.807, 2.05) is 7.05 Å². The summed E-state index contributed by atoms with van der Waals surface area (Å²) in [5.74, 6) is 0.967. The zero-order chi connectivity index (χ0) is 13.6. The number of hydrogen-bond acceptors (Lipinski definition) is 2. The molecule has 0 heterocycles. The fourth-order valence-corrected chi connectivity index (χ4v) is 1.70. The Bertz CT molecular complexity index is 343. The third kappa shape index (κ3) is 4.34. The van der Waals surface area contributed by atoms with E-state index in [4.69, 9.17) is 4.74 Å². The van der Waals surface area contributed by atoms with Gasteiger partial charge in [-0.15, -0.1) is 0 Å². The van der Waals surface area contributed by atoms with Gasteiger partial charge in [-0.05, 0) is 49.9 Å². The van der Waals surface area contributed by atoms with Crippen LogP contribution in [0.1, 0.15) is 46.1 Å². The minimum atomic E-state index is 0.249. The molecule has 0 bridgehead atoms. The third-order valence-corrected chi connectivity index (χ3v) is 3.83. The number of rotatable bonds is 7. The van der Waals surface area contributed by atoms with Crippen molar-refractivity contribution in [2.75, 3.05) is 13.7 Å². The van der Waals surface area contributed by atoms with E-state index in [0.717, 1.165) is 25.2 Å². The van der Waals surface area contributed by atoms with Crippen molar-refractivity contribution in [1.82, 2.24) is 5.32 Å². The predicted octanol–water partition coefficient (Wildman–Crippen LogP) is 3.75. The van der Waals surface area contributed by atoms with Crippen LogP contribution in [-0.4, -0.2) is 19.7 Å². The first-order valence-electron chi connectivity index (χ1n) is 6.90. The molecular weight excluding hydrogens is 222 g/mol. The van der Waals surface area contributed by atoms with Gasteiger partial charge in [-0.1, -0.05) is 32.9 Å². The summed E-state index contributed by atoms with van der Waals surface area (Å²) in [7, 11) is 1.98. The van der Waals surface area contributed by atoms with E-state index in [0.29, 0.717) is 6.04 Å². The molecule has 2 nitrogen and oxygen atoms in total. The van der Waals surface area contributed by atoms with Crippen molar-refractivity contribution in [2.45, 2.75) is 52.0 Å². The highest BCUT2D eigenvalue weighted by Gasteiger charge is 2.17. The van der Waals surface area contributed by atoms with Crippen molar-refractivity contribution in [3.05, 3.63) is 29.8 Å². The third-order valence-electron chi connectivity index (χ3n) is 3.83. The molecule has 0 saturated heterocycles. The molecule has 1 atom stereocenters. The molecule has 1 aromatic rings. The van der Waals surface area contributed by atoms with Crippen LogP contribution in [0.15, 0.2) is 24.3 Å². The van der Waals surface area contributed by atoms with E-state index in [1.54, 1.807) is 0 Å². The highest BCUT2D eigenvalue weighted by molar-refractivity contribution is 5.31. The summed E-state index contributed by atoms with van der Waals surface area (Å²) in [6.07, 6.45) is 2.17. The van der Waals surface area contributed by atoms with Gasteiger partial charge in [0.05, 0.1) is 6.61 Å². The number of nitrogens with one attached hydrogen (secondary N) is 1. The van der Waals surface area contributed by atoms with Crippen molar-refractivity contribution in [3.63, 3.8) is 0 Å². The van der Waals surface area contributed by atoms with E-state index < -0.39 is 0 Å². The number of ether oxygens (including phenoxy) is 1. The Hall–Kier alpha value is -1.02. The Kier molecular flexibility index (Phi) is 5.67. The van der Waals surface area contributed by atoms with Crippen molar-refractivity contribution in [2.24, 2.45) is 0 Å². The van der Waals surface area contributed by atoms with Gasteiger partial charge in [0.25, 0.3) is 0 Å². The zero-order valence-corrected chi connectivity index (χ0v) is 12.4. The minimum Gasteiger partial charge on any atom is -0.494 e. The smallest absolute Gasteiger partial charge is 0.119 e. The van der Waals surface area contributed by atoms with Gasteiger partial charge in [0, 0.05) is 6.04 Å². The Labute approximate surface area is 112 Å². The molecule has 0 radical (unpaired) electrons. The summed E-state index contributed by atoms with van der Waals surface area (Å²) in [6.45, 7) is 9.70. The molecule has 0 aliphatic carbocycles. The van der Waals surface area contributed by atoms with E-state index in [1.165, 1.54) is 5.56 Å². The maximum absolute atomic E-state index is 5.74. The molecule has 0 saturated carbocycles. The Balaban J connectivity index is 2.51. The first kappa shape index (κ1) is 15.0. The molecule has 1 unspecified atom stereocenters. The highest BCUT2D eigenvalue weighted by Crippen LogP contribution is 2.28. The zero-order valence-electron chi connectivity index (χ0n) is 12.4. The number of hydrogen-bond donors (Lipinski definition) is 1. The van der Waals surface area contributed by atoms with Gasteiger partial charge in [0.15, 0.2) is 0 Å². The summed E-state index contributed by atoms with van der Waals surface area (Å²) in [5, 5.41) is 3.21. The summed E-state index contributed by atoms with van der Waals surface area (Å²) < 4.78 is 5.74. The summed E-state index contributed by atoms with van der Waals surface area (Å²) in [5.41, 5.74) is 1.63. The van der Waals surface area contributed by atoms with Crippen LogP contribution in [0.2, 0.25) is 0 Å². The Morgan fingerprint density at radius 1 is 1.22 bits per heavy atom. The van der Waals surface area contributed by atoms with Gasteiger partial charge < -0.3 is 10.1 Å². The fraction of sp³-hybridized carbons (Fsp3) is 0.625. The van der Waals surface area contributed by atoms with E-state index in [-0.39, 0.29) is 5.41 Å². The lowest BCUT2D eigenvalue weighted by atomic mass is 9.82. The van der Waals surface area contributed by atoms with Gasteiger partial charge in [-0.3, -0.25) is 0 Å². The number of benzene rings is 1. The van der Waals surface area contributed by atoms with E-state index in [9.17, 15) is 0 Å². The first-order chi connectivity index (χ1) is 8.49. The molecule has 0 aliphatic heterocycles. The highest BCUT2D eigenvalue weighted by atomic mass is 16.5. The lowest BCUT2D eigenvalue weighted by Gasteiger charge is -2.23. The van der Waals surface area contributed by atoms with Crippen LogP contribution in [0.4, 0.5) is 0 Å². The molecule has 0 amide bonds. The molecule has 0 aromatic heterocycles. The standard InChI is InChI=1S/C16H27NO/c1-6-16(3,4)14-7-9-15(10-8-14)18-12-11-13(2)17-5/h7-10,13,17H,6,11-12H2,1-5H3. The summed E-state index contributed by atoms with van der Waals surface area (Å²) >= 11 is 0. The lowest BCUT2D eigenvalue weighted by molar-refractivity contribution is 0.293. The molecule has 0 aliphatic rings. The second-order valence-electron chi connectivity index (χ2n) is 5.59. The van der Waals surface area contributed by atoms with E-state index in [2.05, 4.69) is 57.3 Å². The molecule has 1 aromatic carbocycles. The normalized spacial score (nSPS) is 13.4. The molecular formula is C16H27NO. The quantitative estimate of drug-likeness (QED) is 0.794. The van der Waals surface area contributed by atoms with Gasteiger partial charge >= 0.3 is 0 Å². The van der Waals surface area contributed by atoms with Crippen LogP contribution >= 0.6 is 0 Å². The van der Waals surface area contributed by atoms with Crippen molar-refractivity contribution < 1.29 is 4.74 Å². The predicted molar refractivity (Wildman–Crippen MR) is 78.4 cm³/mol. The van der Waals surface area contributed by atoms with Gasteiger partial charge in [0.1, 0.15) is 5.75 Å². The second kappa shape index (κ2) is 6.79. The average molecular weight is 249 g/mol. The monoisotopic (exact) mass is 249 g/mol. The fourth-order valence-electron chi connectivity index (χ4n) is 1.70. The summed E-state index contributed by atoms with van der Waals surface area (Å²) in [4.78, 5) is 0. The maximum Gasteiger partial charge on any atom is 0.119 e. The molecule has 102 valence electrons. The Morgan fingerprint density at radius 3 is 2.33 bits per heavy atom. The van der Waals surface area contributed by atoms with Crippen molar-refractivity contribution in [1.29, 1.82) is 0 Å². The second-order valence-corrected chi connectivity index (χ2v) is 5.59. The van der Waals surface area contributed by atoms with Crippen LogP contribution < -0.4 is 10.1 Å². The molecule has 0 spiro atoms. The topological polar surface area (TPSA) is 21.3 Å². The Morgan fingerprint density at radius 2 is 1.83 bits per heavy atom. The maximum atomic E-state index is 5.74. The molecule has 18 heavy (non-hydrogen) atoms. The van der Waals surface area contributed by atoms with Crippen LogP contribution in [0.25, 0.3) is 0 Å². The van der Waals surface area contributed by atoms with Crippen LogP contribution in [0.5, 0.6) is 5.75 Å². The molecule has 1 N–H and O–H groups in total. The molecule has 2 heteroatoms.